The molecule has 0 aromatic heterocycles. The lowest BCUT2D eigenvalue weighted by atomic mass is 9.94. The molecule has 8 heteroatoms. The van der Waals surface area contributed by atoms with Crippen LogP contribution in [-0.4, -0.2) is 52.5 Å². The van der Waals surface area contributed by atoms with Crippen LogP contribution in [0.4, 0.5) is 9.18 Å². The van der Waals surface area contributed by atoms with Crippen molar-refractivity contribution < 1.29 is 19.1 Å². The van der Waals surface area contributed by atoms with E-state index in [1.54, 1.807) is 11.8 Å². The SMILES string of the molecule is C[C@@H]1CN(C(=O)O)[C@@H](C)CN1C(C=O)(NN)c1ccc(F)cc1. The highest BCUT2D eigenvalue weighted by Crippen LogP contribution is 2.29. The number of hydrogen-bond acceptors (Lipinski definition) is 5. The number of benzene rings is 1. The summed E-state index contributed by atoms with van der Waals surface area (Å²) in [6, 6.07) is 4.93. The van der Waals surface area contributed by atoms with Gasteiger partial charge in [0.2, 0.25) is 0 Å². The first-order chi connectivity index (χ1) is 10.9. The van der Waals surface area contributed by atoms with E-state index in [-0.39, 0.29) is 18.6 Å². The normalized spacial score (nSPS) is 25.0. The Labute approximate surface area is 133 Å². The Kier molecular flexibility index (Phi) is 4.98. The van der Waals surface area contributed by atoms with Crippen LogP contribution in [0.2, 0.25) is 0 Å². The van der Waals surface area contributed by atoms with Crippen LogP contribution in [0.3, 0.4) is 0 Å². The maximum atomic E-state index is 13.2. The first-order valence-corrected chi connectivity index (χ1v) is 7.32. The van der Waals surface area contributed by atoms with E-state index in [2.05, 4.69) is 5.43 Å². The van der Waals surface area contributed by atoms with Crippen molar-refractivity contribution in [2.75, 3.05) is 13.1 Å². The molecule has 1 heterocycles. The van der Waals surface area contributed by atoms with Crippen molar-refractivity contribution >= 4 is 12.4 Å². The fourth-order valence-corrected chi connectivity index (χ4v) is 3.09. The van der Waals surface area contributed by atoms with Crippen molar-refractivity contribution in [1.29, 1.82) is 0 Å². The van der Waals surface area contributed by atoms with Crippen LogP contribution in [0.15, 0.2) is 24.3 Å². The third-order valence-electron chi connectivity index (χ3n) is 4.36. The molecule has 1 amide bonds. The lowest BCUT2D eigenvalue weighted by molar-refractivity contribution is -0.127. The van der Waals surface area contributed by atoms with Gasteiger partial charge in [-0.05, 0) is 31.5 Å². The van der Waals surface area contributed by atoms with Crippen molar-refractivity contribution in [3.8, 4) is 0 Å². The highest BCUT2D eigenvalue weighted by Gasteiger charge is 2.45. The van der Waals surface area contributed by atoms with E-state index in [4.69, 9.17) is 5.84 Å². The summed E-state index contributed by atoms with van der Waals surface area (Å²) in [6.07, 6.45) is -0.330. The molecule has 2 rings (SSSR count). The number of piperazine rings is 1. The average Bonchev–Trinajstić information content (AvgIpc) is 2.53. The molecular formula is C15H21FN4O3. The molecule has 1 unspecified atom stereocenters. The van der Waals surface area contributed by atoms with Gasteiger partial charge >= 0.3 is 6.09 Å². The predicted octanol–water partition coefficient (Wildman–Crippen LogP) is 0.713. The Bertz CT molecular complexity index is 583. The fourth-order valence-electron chi connectivity index (χ4n) is 3.09. The number of hydrogen-bond donors (Lipinski definition) is 3. The second-order valence-corrected chi connectivity index (χ2v) is 5.82. The van der Waals surface area contributed by atoms with Crippen molar-refractivity contribution in [3.05, 3.63) is 35.6 Å². The molecule has 0 aliphatic carbocycles. The Hall–Kier alpha value is -2.03. The minimum Gasteiger partial charge on any atom is -0.465 e. The van der Waals surface area contributed by atoms with Gasteiger partial charge in [-0.25, -0.2) is 14.6 Å². The summed E-state index contributed by atoms with van der Waals surface area (Å²) < 4.78 is 13.2. The zero-order valence-electron chi connectivity index (χ0n) is 13.1. The van der Waals surface area contributed by atoms with E-state index < -0.39 is 17.6 Å². The van der Waals surface area contributed by atoms with Gasteiger partial charge in [0.15, 0.2) is 11.9 Å². The molecule has 0 spiro atoms. The summed E-state index contributed by atoms with van der Waals surface area (Å²) in [7, 11) is 0. The smallest absolute Gasteiger partial charge is 0.407 e. The topological polar surface area (TPSA) is 98.9 Å². The number of nitrogens with one attached hydrogen (secondary N) is 1. The minimum absolute atomic E-state index is 0.245. The highest BCUT2D eigenvalue weighted by atomic mass is 19.1. The van der Waals surface area contributed by atoms with Crippen molar-refractivity contribution in [2.45, 2.75) is 31.6 Å². The van der Waals surface area contributed by atoms with Crippen LogP contribution < -0.4 is 11.3 Å². The van der Waals surface area contributed by atoms with E-state index in [0.29, 0.717) is 18.4 Å². The largest absolute Gasteiger partial charge is 0.465 e. The zero-order chi connectivity index (χ0) is 17.2. The van der Waals surface area contributed by atoms with Gasteiger partial charge in [-0.2, -0.15) is 0 Å². The first-order valence-electron chi connectivity index (χ1n) is 7.32. The summed E-state index contributed by atoms with van der Waals surface area (Å²) >= 11 is 0. The quantitative estimate of drug-likeness (QED) is 0.429. The van der Waals surface area contributed by atoms with E-state index in [0.717, 1.165) is 0 Å². The number of carbonyl (C=O) groups is 2. The molecule has 23 heavy (non-hydrogen) atoms. The van der Waals surface area contributed by atoms with Gasteiger partial charge in [-0.1, -0.05) is 12.1 Å². The van der Waals surface area contributed by atoms with Gasteiger partial charge in [0.25, 0.3) is 0 Å². The number of hydrazine groups is 1. The molecule has 0 saturated carbocycles. The summed E-state index contributed by atoms with van der Waals surface area (Å²) in [5, 5.41) is 9.23. The number of rotatable bonds is 4. The van der Waals surface area contributed by atoms with E-state index in [1.807, 2.05) is 6.92 Å². The third kappa shape index (κ3) is 3.05. The van der Waals surface area contributed by atoms with Gasteiger partial charge in [-0.15, -0.1) is 0 Å². The maximum absolute atomic E-state index is 13.2. The fraction of sp³-hybridized carbons (Fsp3) is 0.467. The summed E-state index contributed by atoms with van der Waals surface area (Å²) in [4.78, 5) is 26.3. The predicted molar refractivity (Wildman–Crippen MR) is 81.8 cm³/mol. The second kappa shape index (κ2) is 6.61. The Morgan fingerprint density at radius 1 is 1.35 bits per heavy atom. The Morgan fingerprint density at radius 3 is 2.43 bits per heavy atom. The second-order valence-electron chi connectivity index (χ2n) is 5.82. The lowest BCUT2D eigenvalue weighted by Crippen LogP contribution is -2.69. The molecule has 7 nitrogen and oxygen atoms in total. The third-order valence-corrected chi connectivity index (χ3v) is 4.36. The molecule has 126 valence electrons. The lowest BCUT2D eigenvalue weighted by Gasteiger charge is -2.50. The number of nitrogens with zero attached hydrogens (tertiary/aromatic N) is 2. The molecule has 1 aliphatic heterocycles. The van der Waals surface area contributed by atoms with Crippen LogP contribution in [0.25, 0.3) is 0 Å². The molecule has 1 aromatic carbocycles. The van der Waals surface area contributed by atoms with Crippen LogP contribution >= 0.6 is 0 Å². The summed E-state index contributed by atoms with van der Waals surface area (Å²) in [5.41, 5.74) is 1.69. The molecule has 1 aliphatic rings. The Morgan fingerprint density at radius 2 is 1.96 bits per heavy atom. The van der Waals surface area contributed by atoms with Gasteiger partial charge in [-0.3, -0.25) is 15.5 Å². The Balaban J connectivity index is 2.39. The molecule has 4 N–H and O–H groups in total. The van der Waals surface area contributed by atoms with Gasteiger partial charge < -0.3 is 10.0 Å². The van der Waals surface area contributed by atoms with Crippen molar-refractivity contribution in [3.63, 3.8) is 0 Å². The zero-order valence-corrected chi connectivity index (χ0v) is 13.1. The number of halogens is 1. The minimum atomic E-state index is -1.34. The summed E-state index contributed by atoms with van der Waals surface area (Å²) in [5.74, 6) is 5.26. The first kappa shape index (κ1) is 17.3. The van der Waals surface area contributed by atoms with Crippen LogP contribution in [0, 0.1) is 5.82 Å². The number of aldehydes is 1. The van der Waals surface area contributed by atoms with Crippen LogP contribution in [0.1, 0.15) is 19.4 Å². The molecule has 3 atom stereocenters. The molecule has 1 saturated heterocycles. The number of carboxylic acid groups (broad SMARTS) is 1. The molecule has 1 aromatic rings. The van der Waals surface area contributed by atoms with Gasteiger partial charge in [0, 0.05) is 25.2 Å². The summed E-state index contributed by atoms with van der Waals surface area (Å²) in [6.45, 7) is 4.15. The monoisotopic (exact) mass is 324 g/mol. The van der Waals surface area contributed by atoms with E-state index >= 15 is 0 Å². The van der Waals surface area contributed by atoms with Gasteiger partial charge in [0.1, 0.15) is 5.82 Å². The molecular weight excluding hydrogens is 303 g/mol. The number of carbonyl (C=O) groups excluding carboxylic acids is 1. The average molecular weight is 324 g/mol. The van der Waals surface area contributed by atoms with E-state index in [9.17, 15) is 19.1 Å². The standard InChI is InChI=1S/C15H21FN4O3/c1-10-8-20(11(2)7-19(10)14(22)23)15(9-21,18-17)12-3-5-13(16)6-4-12/h3-6,9-11,18H,7-8,17H2,1-2H3,(H,22,23)/t10-,11+,15?/m0/s1. The van der Waals surface area contributed by atoms with Crippen LogP contribution in [-0.2, 0) is 10.5 Å². The highest BCUT2D eigenvalue weighted by molar-refractivity contribution is 5.68. The molecule has 0 radical (unpaired) electrons. The number of amides is 1. The molecule has 1 fully saturated rings. The van der Waals surface area contributed by atoms with E-state index in [1.165, 1.54) is 29.2 Å². The molecule has 0 bridgehead atoms. The van der Waals surface area contributed by atoms with Crippen molar-refractivity contribution in [1.82, 2.24) is 15.2 Å². The van der Waals surface area contributed by atoms with Crippen LogP contribution in [0.5, 0.6) is 0 Å². The maximum Gasteiger partial charge on any atom is 0.407 e. The number of nitrogens with two attached hydrogens (primary N) is 1. The van der Waals surface area contributed by atoms with Gasteiger partial charge in [0.05, 0.1) is 0 Å². The van der Waals surface area contributed by atoms with Crippen molar-refractivity contribution in [2.24, 2.45) is 5.84 Å².